The molecule has 1 aromatic rings. The number of piperidine rings is 1. The van der Waals surface area contributed by atoms with E-state index in [0.717, 1.165) is 24.8 Å². The summed E-state index contributed by atoms with van der Waals surface area (Å²) in [4.78, 5) is 27.9. The molecule has 0 aromatic heterocycles. The van der Waals surface area contributed by atoms with Gasteiger partial charge in [0.2, 0.25) is 11.8 Å². The second-order valence-electron chi connectivity index (χ2n) is 8.54. The topological polar surface area (TPSA) is 73.2 Å². The second kappa shape index (κ2) is 10.4. The molecule has 0 saturated carbocycles. The van der Waals surface area contributed by atoms with Gasteiger partial charge in [0.05, 0.1) is 23.3 Å². The number of nitrogens with zero attached hydrogens (tertiary/aromatic N) is 2. The summed E-state index contributed by atoms with van der Waals surface area (Å²) in [6.45, 7) is 3.94. The Hall–Kier alpha value is -2.61. The summed E-state index contributed by atoms with van der Waals surface area (Å²) < 4.78 is 0. The zero-order valence-corrected chi connectivity index (χ0v) is 18.0. The first-order valence-electron chi connectivity index (χ1n) is 11.3. The number of allylic oxidation sites excluding steroid dienone is 2. The first-order chi connectivity index (χ1) is 14.6. The molecular weight excluding hydrogens is 374 g/mol. The van der Waals surface area contributed by atoms with E-state index >= 15 is 0 Å². The Morgan fingerprint density at radius 1 is 1.10 bits per heavy atom. The maximum Gasteiger partial charge on any atom is 0.226 e. The van der Waals surface area contributed by atoms with Gasteiger partial charge in [0.1, 0.15) is 0 Å². The van der Waals surface area contributed by atoms with E-state index in [0.29, 0.717) is 45.3 Å². The van der Waals surface area contributed by atoms with Gasteiger partial charge in [0.25, 0.3) is 0 Å². The molecule has 5 heteroatoms. The first-order valence-corrected chi connectivity index (χ1v) is 11.3. The van der Waals surface area contributed by atoms with E-state index in [2.05, 4.69) is 18.3 Å². The van der Waals surface area contributed by atoms with Gasteiger partial charge in [-0.15, -0.1) is 0 Å². The van der Waals surface area contributed by atoms with Crippen molar-refractivity contribution in [2.75, 3.05) is 19.6 Å². The van der Waals surface area contributed by atoms with E-state index in [4.69, 9.17) is 0 Å². The molecule has 2 aliphatic rings. The monoisotopic (exact) mass is 407 g/mol. The number of amides is 2. The van der Waals surface area contributed by atoms with Gasteiger partial charge in [-0.2, -0.15) is 5.26 Å². The minimum absolute atomic E-state index is 0.00136. The van der Waals surface area contributed by atoms with Crippen molar-refractivity contribution in [1.29, 1.82) is 5.26 Å². The quantitative estimate of drug-likeness (QED) is 0.549. The standard InChI is InChI=1S/C25H33N3O2/c1-2-3-9-16-27-23(29)21-12-7-8-13-22(21)24(30)28-17-14-25(19-26,15-18-28)20-10-5-4-6-11-20/h4-8,10-11,21-22H,2-3,9,12-18H2,1H3,(H,27,29). The van der Waals surface area contributed by atoms with Gasteiger partial charge >= 0.3 is 0 Å². The highest BCUT2D eigenvalue weighted by Crippen LogP contribution is 2.36. The second-order valence-corrected chi connectivity index (χ2v) is 8.54. The van der Waals surface area contributed by atoms with Crippen molar-refractivity contribution in [2.24, 2.45) is 11.8 Å². The van der Waals surface area contributed by atoms with Crippen LogP contribution >= 0.6 is 0 Å². The number of unbranched alkanes of at least 4 members (excludes halogenated alkanes) is 2. The van der Waals surface area contributed by atoms with Gasteiger partial charge in [-0.3, -0.25) is 9.59 Å². The van der Waals surface area contributed by atoms with E-state index in [9.17, 15) is 14.9 Å². The molecule has 1 N–H and O–H groups in total. The normalized spacial score (nSPS) is 22.9. The lowest BCUT2D eigenvalue weighted by Gasteiger charge is -2.40. The first kappa shape index (κ1) is 22.1. The van der Waals surface area contributed by atoms with E-state index in [1.54, 1.807) is 0 Å². The SMILES string of the molecule is CCCCCNC(=O)C1CC=CCC1C(=O)N1CCC(C#N)(c2ccccc2)CC1. The number of likely N-dealkylation sites (tertiary alicyclic amines) is 1. The number of nitrogens with one attached hydrogen (secondary N) is 1. The lowest BCUT2D eigenvalue weighted by Crippen LogP contribution is -2.49. The van der Waals surface area contributed by atoms with Crippen LogP contribution in [0.15, 0.2) is 42.5 Å². The molecular formula is C25H33N3O2. The van der Waals surface area contributed by atoms with Crippen LogP contribution in [0.3, 0.4) is 0 Å². The van der Waals surface area contributed by atoms with Crippen molar-refractivity contribution < 1.29 is 9.59 Å². The third kappa shape index (κ3) is 4.92. The average Bonchev–Trinajstić information content (AvgIpc) is 2.82. The lowest BCUT2D eigenvalue weighted by atomic mass is 9.73. The third-order valence-corrected chi connectivity index (χ3v) is 6.63. The largest absolute Gasteiger partial charge is 0.356 e. The molecule has 1 heterocycles. The van der Waals surface area contributed by atoms with Gasteiger partial charge in [-0.1, -0.05) is 62.2 Å². The molecule has 2 amide bonds. The van der Waals surface area contributed by atoms with Crippen molar-refractivity contribution >= 4 is 11.8 Å². The van der Waals surface area contributed by atoms with E-state index < -0.39 is 5.41 Å². The smallest absolute Gasteiger partial charge is 0.226 e. The number of benzene rings is 1. The van der Waals surface area contributed by atoms with Crippen LogP contribution in [0.2, 0.25) is 0 Å². The fourth-order valence-electron chi connectivity index (χ4n) is 4.66. The maximum atomic E-state index is 13.3. The average molecular weight is 408 g/mol. The van der Waals surface area contributed by atoms with Crippen LogP contribution in [-0.4, -0.2) is 36.3 Å². The highest BCUT2D eigenvalue weighted by atomic mass is 16.2. The van der Waals surface area contributed by atoms with Crippen molar-refractivity contribution in [2.45, 2.75) is 57.3 Å². The number of carbonyl (C=O) groups is 2. The summed E-state index contributed by atoms with van der Waals surface area (Å²) in [5.41, 5.74) is 0.505. The van der Waals surface area contributed by atoms with Gasteiger partial charge in [-0.05, 0) is 37.7 Å². The zero-order valence-electron chi connectivity index (χ0n) is 18.0. The van der Waals surface area contributed by atoms with E-state index in [-0.39, 0.29) is 23.7 Å². The van der Waals surface area contributed by atoms with Crippen LogP contribution in [0.4, 0.5) is 0 Å². The minimum Gasteiger partial charge on any atom is -0.356 e. The number of rotatable bonds is 7. The number of nitriles is 1. The zero-order chi connectivity index (χ0) is 21.4. The number of hydrogen-bond donors (Lipinski definition) is 1. The summed E-state index contributed by atoms with van der Waals surface area (Å²) in [5, 5.41) is 12.9. The van der Waals surface area contributed by atoms with Crippen LogP contribution in [0.1, 0.15) is 57.4 Å². The molecule has 1 aliphatic heterocycles. The van der Waals surface area contributed by atoms with Crippen LogP contribution in [0, 0.1) is 23.2 Å². The van der Waals surface area contributed by atoms with Crippen LogP contribution in [0.5, 0.6) is 0 Å². The Kier molecular flexibility index (Phi) is 7.68. The summed E-state index contributed by atoms with van der Waals surface area (Å²) in [7, 11) is 0. The molecule has 0 bridgehead atoms. The van der Waals surface area contributed by atoms with Crippen molar-refractivity contribution in [3.05, 3.63) is 48.0 Å². The molecule has 30 heavy (non-hydrogen) atoms. The van der Waals surface area contributed by atoms with Gasteiger partial charge in [0.15, 0.2) is 0 Å². The maximum absolute atomic E-state index is 13.3. The minimum atomic E-state index is -0.527. The number of hydrogen-bond acceptors (Lipinski definition) is 3. The number of carbonyl (C=O) groups excluding carboxylic acids is 2. The highest BCUT2D eigenvalue weighted by molar-refractivity contribution is 5.88. The molecule has 3 rings (SSSR count). The Balaban J connectivity index is 1.62. The van der Waals surface area contributed by atoms with Crippen molar-refractivity contribution in [1.82, 2.24) is 10.2 Å². The van der Waals surface area contributed by atoms with Crippen molar-refractivity contribution in [3.8, 4) is 6.07 Å². The van der Waals surface area contributed by atoms with Crippen LogP contribution in [0.25, 0.3) is 0 Å². The predicted octanol–water partition coefficient (Wildman–Crippen LogP) is 3.96. The molecule has 0 radical (unpaired) electrons. The summed E-state index contributed by atoms with van der Waals surface area (Å²) in [6, 6.07) is 12.4. The molecule has 1 saturated heterocycles. The Labute approximate surface area is 180 Å². The fourth-order valence-corrected chi connectivity index (χ4v) is 4.66. The molecule has 1 fully saturated rings. The van der Waals surface area contributed by atoms with Crippen LogP contribution in [-0.2, 0) is 15.0 Å². The molecule has 160 valence electrons. The third-order valence-electron chi connectivity index (χ3n) is 6.63. The van der Waals surface area contributed by atoms with Crippen LogP contribution < -0.4 is 5.32 Å². The summed E-state index contributed by atoms with van der Waals surface area (Å²) >= 11 is 0. The molecule has 1 aliphatic carbocycles. The molecule has 5 nitrogen and oxygen atoms in total. The van der Waals surface area contributed by atoms with Gasteiger partial charge < -0.3 is 10.2 Å². The highest BCUT2D eigenvalue weighted by Gasteiger charge is 2.41. The predicted molar refractivity (Wildman–Crippen MR) is 117 cm³/mol. The molecule has 0 spiro atoms. The molecule has 1 aromatic carbocycles. The molecule has 2 atom stereocenters. The Bertz CT molecular complexity index is 788. The van der Waals surface area contributed by atoms with E-state index in [1.807, 2.05) is 47.4 Å². The Morgan fingerprint density at radius 2 is 1.77 bits per heavy atom. The summed E-state index contributed by atoms with van der Waals surface area (Å²) in [5.74, 6) is -0.525. The van der Waals surface area contributed by atoms with E-state index in [1.165, 1.54) is 0 Å². The Morgan fingerprint density at radius 3 is 2.40 bits per heavy atom. The summed E-state index contributed by atoms with van der Waals surface area (Å²) in [6.07, 6.45) is 9.74. The van der Waals surface area contributed by atoms with Gasteiger partial charge in [-0.25, -0.2) is 0 Å². The van der Waals surface area contributed by atoms with Crippen molar-refractivity contribution in [3.63, 3.8) is 0 Å². The van der Waals surface area contributed by atoms with Gasteiger partial charge in [0, 0.05) is 19.6 Å². The molecule has 2 unspecified atom stereocenters. The lowest BCUT2D eigenvalue weighted by molar-refractivity contribution is -0.143. The fraction of sp³-hybridized carbons (Fsp3) is 0.560.